The summed E-state index contributed by atoms with van der Waals surface area (Å²) in [5, 5.41) is 0. The summed E-state index contributed by atoms with van der Waals surface area (Å²) in [4.78, 5) is 19.9. The van der Waals surface area contributed by atoms with Gasteiger partial charge in [-0.1, -0.05) is 24.3 Å². The molecule has 3 rings (SSSR count). The largest absolute Gasteiger partial charge is 0.416 e. The van der Waals surface area contributed by atoms with Gasteiger partial charge in [-0.25, -0.2) is 4.99 Å². The minimum atomic E-state index is -4.44. The number of guanidine groups is 1. The third-order valence-corrected chi connectivity index (χ3v) is 5.78. The molecule has 0 saturated carbocycles. The van der Waals surface area contributed by atoms with E-state index in [1.54, 1.807) is 18.7 Å². The number of nitrogens with zero attached hydrogens (tertiary/aromatic N) is 2. The summed E-state index contributed by atoms with van der Waals surface area (Å²) in [7, 11) is 1.51. The van der Waals surface area contributed by atoms with E-state index in [-0.39, 0.29) is 11.9 Å². The van der Waals surface area contributed by atoms with Gasteiger partial charge in [-0.15, -0.1) is 11.8 Å². The lowest BCUT2D eigenvalue weighted by atomic mass is 9.74. The quantitative estimate of drug-likeness (QED) is 0.776. The van der Waals surface area contributed by atoms with Crippen LogP contribution in [0.3, 0.4) is 0 Å². The summed E-state index contributed by atoms with van der Waals surface area (Å²) >= 11 is 1.55. The molecule has 2 aromatic carbocycles. The summed E-state index contributed by atoms with van der Waals surface area (Å²) in [6.07, 6.45) is -2.50. The van der Waals surface area contributed by atoms with Crippen LogP contribution in [0.2, 0.25) is 0 Å². The molecule has 1 heterocycles. The van der Waals surface area contributed by atoms with Crippen LogP contribution in [0.4, 0.5) is 13.2 Å². The van der Waals surface area contributed by atoms with E-state index in [2.05, 4.69) is 4.99 Å². The second-order valence-corrected chi connectivity index (χ2v) is 7.68. The number of halogens is 3. The van der Waals surface area contributed by atoms with Crippen molar-refractivity contribution < 1.29 is 18.0 Å². The topological polar surface area (TPSA) is 58.7 Å². The molecule has 0 fully saturated rings. The van der Waals surface area contributed by atoms with E-state index in [4.69, 9.17) is 5.73 Å². The molecule has 0 aliphatic carbocycles. The van der Waals surface area contributed by atoms with Gasteiger partial charge in [-0.05, 0) is 48.6 Å². The number of thioether (sulfide) groups is 1. The number of alkyl halides is 3. The highest BCUT2D eigenvalue weighted by molar-refractivity contribution is 7.98. The summed E-state index contributed by atoms with van der Waals surface area (Å²) < 4.78 is 38.8. The SMILES string of the molecule is CSc1cccc([C@@]2(C)N=C(N)N(C)C(=O)[C@@H]2c2ccc(C(F)(F)F)cc2)c1. The van der Waals surface area contributed by atoms with Crippen molar-refractivity contribution in [1.82, 2.24) is 4.90 Å². The van der Waals surface area contributed by atoms with Crippen molar-refractivity contribution in [2.24, 2.45) is 10.7 Å². The molecule has 1 amide bonds. The van der Waals surface area contributed by atoms with Crippen molar-refractivity contribution >= 4 is 23.6 Å². The van der Waals surface area contributed by atoms with Gasteiger partial charge in [-0.2, -0.15) is 13.2 Å². The first kappa shape index (κ1) is 20.3. The van der Waals surface area contributed by atoms with E-state index in [0.29, 0.717) is 5.56 Å². The van der Waals surface area contributed by atoms with Crippen LogP contribution in [0.1, 0.15) is 29.5 Å². The van der Waals surface area contributed by atoms with Crippen LogP contribution in [0.15, 0.2) is 58.4 Å². The lowest BCUT2D eigenvalue weighted by molar-refractivity contribution is -0.137. The molecule has 1 aliphatic heterocycles. The van der Waals surface area contributed by atoms with Gasteiger partial charge in [0, 0.05) is 11.9 Å². The maximum atomic E-state index is 13.1. The van der Waals surface area contributed by atoms with Crippen molar-refractivity contribution in [2.45, 2.75) is 29.5 Å². The van der Waals surface area contributed by atoms with Crippen molar-refractivity contribution in [3.63, 3.8) is 0 Å². The summed E-state index contributed by atoms with van der Waals surface area (Å²) in [5.74, 6) is -1.04. The molecule has 28 heavy (non-hydrogen) atoms. The number of carbonyl (C=O) groups is 1. The molecule has 0 spiro atoms. The van der Waals surface area contributed by atoms with Crippen LogP contribution < -0.4 is 5.73 Å². The van der Waals surface area contributed by atoms with E-state index in [9.17, 15) is 18.0 Å². The molecular weight excluding hydrogens is 387 g/mol. The Balaban J connectivity index is 2.16. The zero-order chi connectivity index (χ0) is 20.7. The van der Waals surface area contributed by atoms with Gasteiger partial charge < -0.3 is 5.73 Å². The zero-order valence-corrected chi connectivity index (χ0v) is 16.4. The lowest BCUT2D eigenvalue weighted by Crippen LogP contribution is -2.52. The Hall–Kier alpha value is -2.48. The molecule has 0 bridgehead atoms. The first-order valence-electron chi connectivity index (χ1n) is 8.52. The highest BCUT2D eigenvalue weighted by atomic mass is 32.2. The molecule has 4 nitrogen and oxygen atoms in total. The number of rotatable bonds is 3. The van der Waals surface area contributed by atoms with Crippen molar-refractivity contribution in [1.29, 1.82) is 0 Å². The molecule has 0 saturated heterocycles. The Morgan fingerprint density at radius 1 is 1.18 bits per heavy atom. The van der Waals surface area contributed by atoms with E-state index in [1.807, 2.05) is 30.5 Å². The van der Waals surface area contributed by atoms with Gasteiger partial charge in [0.15, 0.2) is 5.96 Å². The van der Waals surface area contributed by atoms with Gasteiger partial charge in [0.2, 0.25) is 5.91 Å². The van der Waals surface area contributed by atoms with Crippen molar-refractivity contribution in [2.75, 3.05) is 13.3 Å². The number of aliphatic imine (C=N–C) groups is 1. The second kappa shape index (κ2) is 7.16. The van der Waals surface area contributed by atoms with Crippen LogP contribution in [-0.4, -0.2) is 30.1 Å². The minimum absolute atomic E-state index is 0.0743. The molecule has 2 atom stereocenters. The van der Waals surface area contributed by atoms with Gasteiger partial charge in [0.05, 0.1) is 11.5 Å². The summed E-state index contributed by atoms with van der Waals surface area (Å²) in [5.41, 5.74) is 5.40. The van der Waals surface area contributed by atoms with E-state index >= 15 is 0 Å². The molecular formula is C20H20F3N3OS. The highest BCUT2D eigenvalue weighted by Crippen LogP contribution is 2.45. The Kier molecular flexibility index (Phi) is 5.18. The highest BCUT2D eigenvalue weighted by Gasteiger charge is 2.47. The number of likely N-dealkylation sites (N-methyl/N-ethyl adjacent to an activating group) is 1. The molecule has 2 aromatic rings. The monoisotopic (exact) mass is 407 g/mol. The lowest BCUT2D eigenvalue weighted by Gasteiger charge is -2.41. The fourth-order valence-corrected chi connectivity index (χ4v) is 3.88. The van der Waals surface area contributed by atoms with Gasteiger partial charge in [-0.3, -0.25) is 9.69 Å². The van der Waals surface area contributed by atoms with Crippen LogP contribution in [0, 0.1) is 0 Å². The van der Waals surface area contributed by atoms with E-state index < -0.39 is 23.2 Å². The number of benzene rings is 2. The van der Waals surface area contributed by atoms with Crippen LogP contribution >= 0.6 is 11.8 Å². The molecule has 2 N–H and O–H groups in total. The molecule has 0 unspecified atom stereocenters. The molecule has 1 aliphatic rings. The fourth-order valence-electron chi connectivity index (χ4n) is 3.43. The van der Waals surface area contributed by atoms with Crippen LogP contribution in [-0.2, 0) is 16.5 Å². The normalized spacial score (nSPS) is 22.9. The summed E-state index contributed by atoms with van der Waals surface area (Å²) in [6, 6.07) is 12.2. The van der Waals surface area contributed by atoms with Crippen LogP contribution in [0.25, 0.3) is 0 Å². The first-order valence-corrected chi connectivity index (χ1v) is 9.75. The fraction of sp³-hybridized carbons (Fsp3) is 0.300. The van der Waals surface area contributed by atoms with E-state index in [1.165, 1.54) is 24.1 Å². The average molecular weight is 407 g/mol. The number of nitrogens with two attached hydrogens (primary N) is 1. The van der Waals surface area contributed by atoms with E-state index in [0.717, 1.165) is 22.6 Å². The van der Waals surface area contributed by atoms with Gasteiger partial charge in [0.1, 0.15) is 5.54 Å². The standard InChI is InChI=1S/C20H20F3N3OS/c1-19(14-5-4-6-15(11-14)28-3)16(17(27)26(2)18(24)25-19)12-7-9-13(10-8-12)20(21,22)23/h4-11,16H,1-3H3,(H2,24,25)/t16-,19+/m0/s1. The zero-order valence-electron chi connectivity index (χ0n) is 15.6. The number of hydrogen-bond donors (Lipinski definition) is 1. The Morgan fingerprint density at radius 2 is 1.82 bits per heavy atom. The smallest absolute Gasteiger partial charge is 0.369 e. The van der Waals surface area contributed by atoms with Crippen molar-refractivity contribution in [3.05, 3.63) is 65.2 Å². The molecule has 0 radical (unpaired) electrons. The predicted octanol–water partition coefficient (Wildman–Crippen LogP) is 4.21. The Morgan fingerprint density at radius 3 is 2.39 bits per heavy atom. The Bertz CT molecular complexity index is 927. The number of carbonyl (C=O) groups excluding carboxylic acids is 1. The molecule has 8 heteroatoms. The van der Waals surface area contributed by atoms with Crippen LogP contribution in [0.5, 0.6) is 0 Å². The maximum Gasteiger partial charge on any atom is 0.416 e. The maximum absolute atomic E-state index is 13.1. The number of hydrogen-bond acceptors (Lipinski definition) is 4. The predicted molar refractivity (Wildman–Crippen MR) is 104 cm³/mol. The third kappa shape index (κ3) is 3.48. The van der Waals surface area contributed by atoms with Gasteiger partial charge in [0.25, 0.3) is 0 Å². The van der Waals surface area contributed by atoms with Gasteiger partial charge >= 0.3 is 6.18 Å². The minimum Gasteiger partial charge on any atom is -0.369 e. The second-order valence-electron chi connectivity index (χ2n) is 6.80. The average Bonchev–Trinajstić information content (AvgIpc) is 2.66. The summed E-state index contributed by atoms with van der Waals surface area (Å²) in [6.45, 7) is 1.78. The first-order chi connectivity index (χ1) is 13.1. The molecule has 148 valence electrons. The molecule has 0 aromatic heterocycles. The third-order valence-electron chi connectivity index (χ3n) is 5.06. The number of amides is 1. The van der Waals surface area contributed by atoms with Crippen molar-refractivity contribution in [3.8, 4) is 0 Å². The Labute approximate surface area is 165 Å².